The molecule has 2 aromatic rings. The summed E-state index contributed by atoms with van der Waals surface area (Å²) in [7, 11) is 1.69. The minimum Gasteiger partial charge on any atom is -0.343 e. The van der Waals surface area contributed by atoms with Gasteiger partial charge in [-0.15, -0.1) is 0 Å². The van der Waals surface area contributed by atoms with Gasteiger partial charge in [-0.25, -0.2) is 8.78 Å². The molecular formula is C19H13BrClF2N. The Hall–Kier alpha value is -1.91. The number of hydrogen-bond donors (Lipinski definition) is 0. The number of halogens is 4. The summed E-state index contributed by atoms with van der Waals surface area (Å²) in [4.78, 5) is 1.61. The van der Waals surface area contributed by atoms with Crippen molar-refractivity contribution >= 4 is 38.8 Å². The molecule has 0 aliphatic carbocycles. The summed E-state index contributed by atoms with van der Waals surface area (Å²) < 4.78 is 29.5. The third-order valence-electron chi connectivity index (χ3n) is 3.87. The van der Waals surface area contributed by atoms with Crippen LogP contribution in [0.1, 0.15) is 11.1 Å². The van der Waals surface area contributed by atoms with Gasteiger partial charge in [0.25, 0.3) is 0 Å². The lowest BCUT2D eigenvalue weighted by Crippen LogP contribution is -2.22. The molecule has 5 heteroatoms. The zero-order valence-electron chi connectivity index (χ0n) is 12.8. The molecule has 122 valence electrons. The molecule has 0 atom stereocenters. The van der Waals surface area contributed by atoms with Gasteiger partial charge in [-0.1, -0.05) is 64.4 Å². The van der Waals surface area contributed by atoms with Crippen LogP contribution in [0.3, 0.4) is 0 Å². The molecule has 0 unspecified atom stereocenters. The van der Waals surface area contributed by atoms with E-state index in [2.05, 4.69) is 22.5 Å². The highest BCUT2D eigenvalue weighted by Gasteiger charge is 2.27. The molecule has 1 heterocycles. The summed E-state index contributed by atoms with van der Waals surface area (Å²) in [5, 5.41) is 0.429. The molecule has 24 heavy (non-hydrogen) atoms. The van der Waals surface area contributed by atoms with Gasteiger partial charge in [0, 0.05) is 17.1 Å². The number of hydrogen-bond acceptors (Lipinski definition) is 1. The van der Waals surface area contributed by atoms with Crippen LogP contribution in [-0.4, -0.2) is 11.9 Å². The molecule has 0 saturated carbocycles. The van der Waals surface area contributed by atoms with E-state index in [0.717, 1.165) is 5.56 Å². The number of nitrogens with zero attached hydrogens (tertiary/aromatic N) is 1. The highest BCUT2D eigenvalue weighted by molar-refractivity contribution is 9.10. The predicted molar refractivity (Wildman–Crippen MR) is 98.2 cm³/mol. The lowest BCUT2D eigenvalue weighted by molar-refractivity contribution is 0.549. The molecule has 0 saturated heterocycles. The average molecular weight is 409 g/mol. The van der Waals surface area contributed by atoms with E-state index in [0.29, 0.717) is 26.5 Å². The van der Waals surface area contributed by atoms with Crippen molar-refractivity contribution in [3.8, 4) is 0 Å². The Morgan fingerprint density at radius 1 is 1.08 bits per heavy atom. The van der Waals surface area contributed by atoms with E-state index in [-0.39, 0.29) is 5.56 Å². The molecule has 0 aromatic heterocycles. The van der Waals surface area contributed by atoms with Gasteiger partial charge in [-0.3, -0.25) is 0 Å². The minimum absolute atomic E-state index is 0.110. The maximum absolute atomic E-state index is 14.6. The van der Waals surface area contributed by atoms with Crippen molar-refractivity contribution in [1.82, 2.24) is 4.90 Å². The highest BCUT2D eigenvalue weighted by Crippen LogP contribution is 2.41. The van der Waals surface area contributed by atoms with E-state index in [1.165, 1.54) is 12.1 Å². The largest absolute Gasteiger partial charge is 0.343 e. The first kappa shape index (κ1) is 16.9. The van der Waals surface area contributed by atoms with E-state index in [1.54, 1.807) is 18.0 Å². The first-order chi connectivity index (χ1) is 11.4. The van der Waals surface area contributed by atoms with E-state index in [1.807, 2.05) is 30.3 Å². The van der Waals surface area contributed by atoms with Crippen LogP contribution < -0.4 is 0 Å². The molecule has 3 rings (SSSR count). The van der Waals surface area contributed by atoms with Gasteiger partial charge in [0.2, 0.25) is 0 Å². The highest BCUT2D eigenvalue weighted by atomic mass is 79.9. The Bertz CT molecular complexity index is 864. The molecule has 0 radical (unpaired) electrons. The van der Waals surface area contributed by atoms with Crippen molar-refractivity contribution in [2.75, 3.05) is 7.05 Å². The van der Waals surface area contributed by atoms with E-state index in [4.69, 9.17) is 11.6 Å². The normalized spacial score (nSPS) is 15.0. The Morgan fingerprint density at radius 3 is 2.25 bits per heavy atom. The van der Waals surface area contributed by atoms with Gasteiger partial charge in [0.15, 0.2) is 0 Å². The topological polar surface area (TPSA) is 3.24 Å². The molecule has 0 bridgehead atoms. The van der Waals surface area contributed by atoms with Gasteiger partial charge in [-0.05, 0) is 23.8 Å². The first-order valence-corrected chi connectivity index (χ1v) is 8.32. The lowest BCUT2D eigenvalue weighted by atomic mass is 9.94. The maximum atomic E-state index is 14.6. The Labute approximate surface area is 152 Å². The van der Waals surface area contributed by atoms with Crippen molar-refractivity contribution in [3.05, 3.63) is 93.1 Å². The molecule has 1 nitrogen and oxygen atoms in total. The lowest BCUT2D eigenvalue weighted by Gasteiger charge is -2.31. The summed E-state index contributed by atoms with van der Waals surface area (Å²) in [5.41, 5.74) is 2.20. The first-order valence-electron chi connectivity index (χ1n) is 7.15. The SMILES string of the molecule is C=C1C(Cl)=CC(c2ccccc2)=C(c2c(F)cc(Br)cc2F)N1C. The summed E-state index contributed by atoms with van der Waals surface area (Å²) in [6, 6.07) is 11.8. The predicted octanol–water partition coefficient (Wildman–Crippen LogP) is 6.18. The molecule has 1 aliphatic heterocycles. The van der Waals surface area contributed by atoms with E-state index in [9.17, 15) is 8.78 Å². The quantitative estimate of drug-likeness (QED) is 0.574. The number of rotatable bonds is 2. The van der Waals surface area contributed by atoms with E-state index < -0.39 is 11.6 Å². The van der Waals surface area contributed by atoms with Crippen LogP contribution in [0.15, 0.2) is 70.3 Å². The van der Waals surface area contributed by atoms with Crippen molar-refractivity contribution < 1.29 is 8.78 Å². The molecule has 0 amide bonds. The monoisotopic (exact) mass is 407 g/mol. The molecular weight excluding hydrogens is 396 g/mol. The van der Waals surface area contributed by atoms with Crippen LogP contribution >= 0.6 is 27.5 Å². The Balaban J connectivity index is 2.36. The van der Waals surface area contributed by atoms with Crippen molar-refractivity contribution in [1.29, 1.82) is 0 Å². The molecule has 1 aliphatic rings. The fraction of sp³-hybridized carbons (Fsp3) is 0.0526. The van der Waals surface area contributed by atoms with Crippen LogP contribution in [-0.2, 0) is 0 Å². The third-order valence-corrected chi connectivity index (χ3v) is 4.66. The zero-order valence-corrected chi connectivity index (χ0v) is 15.1. The van der Waals surface area contributed by atoms with Crippen molar-refractivity contribution in [2.24, 2.45) is 0 Å². The van der Waals surface area contributed by atoms with Crippen LogP contribution in [0.2, 0.25) is 0 Å². The Morgan fingerprint density at radius 2 is 1.67 bits per heavy atom. The van der Waals surface area contributed by atoms with Crippen molar-refractivity contribution in [2.45, 2.75) is 0 Å². The minimum atomic E-state index is -0.656. The smallest absolute Gasteiger partial charge is 0.136 e. The molecule has 0 spiro atoms. The standard InChI is InChI=1S/C19H13BrClF2N/c1-11-15(21)10-14(12-6-4-3-5-7-12)19(24(11)2)18-16(22)8-13(20)9-17(18)23/h3-10H,1H2,2H3. The maximum Gasteiger partial charge on any atom is 0.136 e. The van der Waals surface area contributed by atoms with Crippen LogP contribution in [0, 0.1) is 11.6 Å². The summed E-state index contributed by atoms with van der Waals surface area (Å²) in [5.74, 6) is -1.31. The van der Waals surface area contributed by atoms with E-state index >= 15 is 0 Å². The van der Waals surface area contributed by atoms with Gasteiger partial charge < -0.3 is 4.90 Å². The summed E-state index contributed by atoms with van der Waals surface area (Å²) in [6.07, 6.45) is 1.69. The molecule has 0 fully saturated rings. The fourth-order valence-electron chi connectivity index (χ4n) is 2.66. The number of likely N-dealkylation sites (N-methyl/N-ethyl adjacent to an activating group) is 1. The number of allylic oxidation sites excluding steroid dienone is 3. The summed E-state index contributed by atoms with van der Waals surface area (Å²) >= 11 is 9.36. The van der Waals surface area contributed by atoms with Crippen molar-refractivity contribution in [3.63, 3.8) is 0 Å². The Kier molecular flexibility index (Phi) is 4.61. The van der Waals surface area contributed by atoms with Gasteiger partial charge >= 0.3 is 0 Å². The average Bonchev–Trinajstić information content (AvgIpc) is 2.54. The van der Waals surface area contributed by atoms with Crippen LogP contribution in [0.5, 0.6) is 0 Å². The number of benzene rings is 2. The third kappa shape index (κ3) is 2.92. The molecule has 0 N–H and O–H groups in total. The molecule has 2 aromatic carbocycles. The second-order valence-electron chi connectivity index (χ2n) is 5.37. The van der Waals surface area contributed by atoms with Gasteiger partial charge in [0.05, 0.1) is 22.0 Å². The van der Waals surface area contributed by atoms with Crippen LogP contribution in [0.4, 0.5) is 8.78 Å². The second kappa shape index (κ2) is 6.54. The van der Waals surface area contributed by atoms with Gasteiger partial charge in [0.1, 0.15) is 11.6 Å². The fourth-order valence-corrected chi connectivity index (χ4v) is 3.30. The van der Waals surface area contributed by atoms with Crippen LogP contribution in [0.25, 0.3) is 11.3 Å². The zero-order chi connectivity index (χ0) is 17.4. The van der Waals surface area contributed by atoms with Gasteiger partial charge in [-0.2, -0.15) is 0 Å². The second-order valence-corrected chi connectivity index (χ2v) is 6.69. The summed E-state index contributed by atoms with van der Waals surface area (Å²) in [6.45, 7) is 3.89.